The van der Waals surface area contributed by atoms with Crippen molar-refractivity contribution in [1.29, 1.82) is 0 Å². The molecule has 118 valence electrons. The van der Waals surface area contributed by atoms with E-state index >= 15 is 0 Å². The molecule has 0 spiro atoms. The fraction of sp³-hybridized carbons (Fsp3) is 1.00. The van der Waals surface area contributed by atoms with Gasteiger partial charge in [-0.25, -0.2) is 0 Å². The topological polar surface area (TPSA) is 6.48 Å². The van der Waals surface area contributed by atoms with Crippen LogP contribution < -0.4 is 0 Å². The van der Waals surface area contributed by atoms with E-state index in [9.17, 15) is 0 Å². The molecule has 0 aromatic heterocycles. The van der Waals surface area contributed by atoms with Gasteiger partial charge in [0.1, 0.15) is 0 Å². The largest absolute Gasteiger partial charge is 0.303 e. The molecule has 0 bridgehead atoms. The summed E-state index contributed by atoms with van der Waals surface area (Å²) in [6.45, 7) is 18.6. The Hall–Kier alpha value is -0.0800. The Morgan fingerprint density at radius 2 is 1.60 bits per heavy atom. The van der Waals surface area contributed by atoms with Gasteiger partial charge in [-0.05, 0) is 76.4 Å². The van der Waals surface area contributed by atoms with E-state index in [1.54, 1.807) is 0 Å². The van der Waals surface area contributed by atoms with E-state index in [0.717, 1.165) is 29.7 Å². The molecule has 0 aromatic rings. The first kappa shape index (κ1) is 16.3. The number of likely N-dealkylation sites (tertiary alicyclic amines) is 2. The Kier molecular flexibility index (Phi) is 5.92. The molecule has 2 aliphatic rings. The predicted octanol–water partition coefficient (Wildman–Crippen LogP) is 3.72. The Morgan fingerprint density at radius 1 is 0.950 bits per heavy atom. The van der Waals surface area contributed by atoms with Gasteiger partial charge in [-0.2, -0.15) is 0 Å². The quantitative estimate of drug-likeness (QED) is 0.774. The van der Waals surface area contributed by atoms with Crippen LogP contribution >= 0.6 is 0 Å². The molecular weight excluding hydrogens is 244 g/mol. The molecule has 2 saturated heterocycles. The lowest BCUT2D eigenvalue weighted by Crippen LogP contribution is -2.47. The molecule has 2 fully saturated rings. The highest BCUT2D eigenvalue weighted by atomic mass is 15.2. The molecule has 2 nitrogen and oxygen atoms in total. The fourth-order valence-electron chi connectivity index (χ4n) is 4.10. The lowest BCUT2D eigenvalue weighted by atomic mass is 9.83. The molecule has 2 heterocycles. The van der Waals surface area contributed by atoms with E-state index in [2.05, 4.69) is 44.4 Å². The zero-order valence-electron chi connectivity index (χ0n) is 14.4. The Bertz CT molecular complexity index is 279. The lowest BCUT2D eigenvalue weighted by molar-refractivity contribution is 0.0632. The summed E-state index contributed by atoms with van der Waals surface area (Å²) in [5, 5.41) is 0. The summed E-state index contributed by atoms with van der Waals surface area (Å²) in [4.78, 5) is 5.41. The minimum Gasteiger partial charge on any atom is -0.303 e. The molecule has 0 N–H and O–H groups in total. The average molecular weight is 281 g/mol. The molecule has 0 amide bonds. The van der Waals surface area contributed by atoms with Crippen molar-refractivity contribution in [2.45, 2.75) is 59.9 Å². The Morgan fingerprint density at radius 3 is 2.10 bits per heavy atom. The molecule has 0 saturated carbocycles. The molecule has 20 heavy (non-hydrogen) atoms. The SMILES string of the molecule is CC(C)C1CCN(C[C@@H]2CCN(C(C)C)C[C@@H]2C)CC1. The summed E-state index contributed by atoms with van der Waals surface area (Å²) in [5.41, 5.74) is 0. The van der Waals surface area contributed by atoms with Crippen LogP contribution in [0, 0.1) is 23.7 Å². The van der Waals surface area contributed by atoms with Crippen LogP contribution in [0.2, 0.25) is 0 Å². The van der Waals surface area contributed by atoms with Crippen molar-refractivity contribution in [2.24, 2.45) is 23.7 Å². The van der Waals surface area contributed by atoms with Gasteiger partial charge in [0.2, 0.25) is 0 Å². The third kappa shape index (κ3) is 4.21. The number of nitrogens with zero attached hydrogens (tertiary/aromatic N) is 2. The van der Waals surface area contributed by atoms with Gasteiger partial charge in [-0.1, -0.05) is 20.8 Å². The second kappa shape index (κ2) is 7.26. The van der Waals surface area contributed by atoms with Crippen LogP contribution in [0.1, 0.15) is 53.9 Å². The van der Waals surface area contributed by atoms with Crippen molar-refractivity contribution >= 4 is 0 Å². The van der Waals surface area contributed by atoms with Crippen LogP contribution in [-0.4, -0.2) is 48.6 Å². The normalized spacial score (nSPS) is 31.4. The predicted molar refractivity (Wildman–Crippen MR) is 88.0 cm³/mol. The van der Waals surface area contributed by atoms with Crippen LogP contribution in [0.4, 0.5) is 0 Å². The van der Waals surface area contributed by atoms with Crippen LogP contribution in [0.15, 0.2) is 0 Å². The fourth-order valence-corrected chi connectivity index (χ4v) is 4.10. The second-order valence-corrected chi connectivity index (χ2v) is 8.00. The second-order valence-electron chi connectivity index (χ2n) is 8.00. The minimum absolute atomic E-state index is 0.722. The molecular formula is C18H36N2. The molecule has 0 radical (unpaired) electrons. The summed E-state index contributed by atoms with van der Waals surface area (Å²) in [7, 11) is 0. The molecule has 2 rings (SSSR count). The van der Waals surface area contributed by atoms with Gasteiger partial charge in [0.15, 0.2) is 0 Å². The van der Waals surface area contributed by atoms with Crippen molar-refractivity contribution in [3.8, 4) is 0 Å². The molecule has 0 aromatic carbocycles. The van der Waals surface area contributed by atoms with Crippen molar-refractivity contribution in [3.05, 3.63) is 0 Å². The molecule has 2 aliphatic heterocycles. The van der Waals surface area contributed by atoms with Gasteiger partial charge >= 0.3 is 0 Å². The van der Waals surface area contributed by atoms with Crippen LogP contribution in [-0.2, 0) is 0 Å². The van der Waals surface area contributed by atoms with Crippen LogP contribution in [0.3, 0.4) is 0 Å². The Balaban J connectivity index is 1.75. The van der Waals surface area contributed by atoms with Gasteiger partial charge in [-0.15, -0.1) is 0 Å². The summed E-state index contributed by atoms with van der Waals surface area (Å²) < 4.78 is 0. The van der Waals surface area contributed by atoms with Crippen LogP contribution in [0.5, 0.6) is 0 Å². The van der Waals surface area contributed by atoms with E-state index in [-0.39, 0.29) is 0 Å². The first-order chi connectivity index (χ1) is 9.47. The highest BCUT2D eigenvalue weighted by Gasteiger charge is 2.30. The van der Waals surface area contributed by atoms with Crippen LogP contribution in [0.25, 0.3) is 0 Å². The van der Waals surface area contributed by atoms with Gasteiger partial charge < -0.3 is 9.80 Å². The lowest BCUT2D eigenvalue weighted by Gasteiger charge is -2.42. The third-order valence-corrected chi connectivity index (χ3v) is 5.91. The van der Waals surface area contributed by atoms with Gasteiger partial charge in [0.25, 0.3) is 0 Å². The summed E-state index contributed by atoms with van der Waals surface area (Å²) in [6.07, 6.45) is 4.26. The van der Waals surface area contributed by atoms with Gasteiger partial charge in [0.05, 0.1) is 0 Å². The van der Waals surface area contributed by atoms with E-state index in [4.69, 9.17) is 0 Å². The highest BCUT2D eigenvalue weighted by Crippen LogP contribution is 2.29. The van der Waals surface area contributed by atoms with E-state index in [0.29, 0.717) is 0 Å². The smallest absolute Gasteiger partial charge is 0.00387 e. The summed E-state index contributed by atoms with van der Waals surface area (Å²) in [5.74, 6) is 3.66. The Labute approximate surface area is 126 Å². The van der Waals surface area contributed by atoms with E-state index in [1.165, 1.54) is 52.0 Å². The first-order valence-electron chi connectivity index (χ1n) is 8.93. The monoisotopic (exact) mass is 280 g/mol. The van der Waals surface area contributed by atoms with Gasteiger partial charge in [-0.3, -0.25) is 0 Å². The molecule has 0 aliphatic carbocycles. The van der Waals surface area contributed by atoms with Crippen molar-refractivity contribution < 1.29 is 0 Å². The highest BCUT2D eigenvalue weighted by molar-refractivity contribution is 4.83. The van der Waals surface area contributed by atoms with E-state index in [1.807, 2.05) is 0 Å². The summed E-state index contributed by atoms with van der Waals surface area (Å²) in [6, 6.07) is 0.722. The number of piperidine rings is 2. The number of rotatable bonds is 4. The zero-order valence-corrected chi connectivity index (χ0v) is 14.4. The number of hydrogen-bond acceptors (Lipinski definition) is 2. The standard InChI is InChI=1S/C18H36N2/c1-14(2)17-6-9-19(10-7-17)13-18-8-11-20(15(3)4)12-16(18)5/h14-18H,6-13H2,1-5H3/t16-,18-/m0/s1. The number of hydrogen-bond donors (Lipinski definition) is 0. The van der Waals surface area contributed by atoms with Gasteiger partial charge in [0, 0.05) is 19.1 Å². The first-order valence-corrected chi connectivity index (χ1v) is 8.93. The average Bonchev–Trinajstić information content (AvgIpc) is 2.41. The minimum atomic E-state index is 0.722. The maximum absolute atomic E-state index is 2.76. The zero-order chi connectivity index (χ0) is 14.7. The van der Waals surface area contributed by atoms with Crippen molar-refractivity contribution in [3.63, 3.8) is 0 Å². The molecule has 0 unspecified atom stereocenters. The maximum atomic E-state index is 2.76. The van der Waals surface area contributed by atoms with Crippen molar-refractivity contribution in [2.75, 3.05) is 32.7 Å². The van der Waals surface area contributed by atoms with E-state index < -0.39 is 0 Å². The molecule has 2 atom stereocenters. The van der Waals surface area contributed by atoms with Crippen molar-refractivity contribution in [1.82, 2.24) is 9.80 Å². The third-order valence-electron chi connectivity index (χ3n) is 5.91. The molecule has 2 heteroatoms. The maximum Gasteiger partial charge on any atom is 0.00387 e. The summed E-state index contributed by atoms with van der Waals surface area (Å²) >= 11 is 0.